The summed E-state index contributed by atoms with van der Waals surface area (Å²) in [6.07, 6.45) is 0. The Morgan fingerprint density at radius 2 is 1.85 bits per heavy atom. The Labute approximate surface area is 154 Å². The van der Waals surface area contributed by atoms with Gasteiger partial charge in [0.2, 0.25) is 0 Å². The van der Waals surface area contributed by atoms with Gasteiger partial charge in [0.1, 0.15) is 11.6 Å². The van der Waals surface area contributed by atoms with Gasteiger partial charge in [0, 0.05) is 5.75 Å². The molecule has 0 unspecified atom stereocenters. The zero-order chi connectivity index (χ0) is 18.7. The smallest absolute Gasteiger partial charge is 0.272 e. The highest BCUT2D eigenvalue weighted by atomic mass is 32.2. The lowest BCUT2D eigenvalue weighted by Gasteiger charge is -2.15. The first-order valence-electron chi connectivity index (χ1n) is 7.83. The summed E-state index contributed by atoms with van der Waals surface area (Å²) >= 11 is 1.10. The minimum atomic E-state index is -0.537. The molecule has 0 bridgehead atoms. The number of aliphatic hydroxyl groups excluding tert-OH is 1. The monoisotopic (exact) mass is 373 g/mol. The SMILES string of the molecule is COc1ccc(C2=C(SCCO)C(=O)N(c3cccc(F)c3)C2=O)cc1. The van der Waals surface area contributed by atoms with E-state index in [1.807, 2.05) is 0 Å². The van der Waals surface area contributed by atoms with Crippen molar-refractivity contribution in [2.45, 2.75) is 0 Å². The minimum Gasteiger partial charge on any atom is -0.497 e. The first kappa shape index (κ1) is 18.2. The van der Waals surface area contributed by atoms with Gasteiger partial charge in [0.25, 0.3) is 11.8 Å². The largest absolute Gasteiger partial charge is 0.497 e. The molecule has 0 spiro atoms. The molecule has 0 radical (unpaired) electrons. The number of ether oxygens (including phenoxy) is 1. The third kappa shape index (κ3) is 3.36. The summed E-state index contributed by atoms with van der Waals surface area (Å²) in [6, 6.07) is 12.1. The Morgan fingerprint density at radius 1 is 1.12 bits per heavy atom. The van der Waals surface area contributed by atoms with Crippen LogP contribution < -0.4 is 9.64 Å². The number of nitrogens with zero attached hydrogens (tertiary/aromatic N) is 1. The van der Waals surface area contributed by atoms with Gasteiger partial charge < -0.3 is 9.84 Å². The van der Waals surface area contributed by atoms with Crippen LogP contribution in [0.5, 0.6) is 5.75 Å². The number of methoxy groups -OCH3 is 1. The van der Waals surface area contributed by atoms with Gasteiger partial charge in [-0.05, 0) is 35.9 Å². The number of imide groups is 1. The van der Waals surface area contributed by atoms with Gasteiger partial charge in [-0.3, -0.25) is 9.59 Å². The average Bonchev–Trinajstić information content (AvgIpc) is 2.90. The number of thioether (sulfide) groups is 1. The zero-order valence-electron chi connectivity index (χ0n) is 13.9. The predicted molar refractivity (Wildman–Crippen MR) is 98.4 cm³/mol. The Kier molecular flexibility index (Phi) is 5.39. The van der Waals surface area contributed by atoms with Crippen molar-refractivity contribution in [2.24, 2.45) is 0 Å². The van der Waals surface area contributed by atoms with E-state index in [9.17, 15) is 14.0 Å². The number of hydrogen-bond donors (Lipinski definition) is 1. The first-order chi connectivity index (χ1) is 12.6. The Bertz CT molecular complexity index is 879. The molecular weight excluding hydrogens is 357 g/mol. The maximum atomic E-state index is 13.6. The number of hydrogen-bond acceptors (Lipinski definition) is 5. The molecule has 1 N–H and O–H groups in total. The van der Waals surface area contributed by atoms with Gasteiger partial charge in [0.05, 0.1) is 29.9 Å². The number of carbonyl (C=O) groups is 2. The summed E-state index contributed by atoms with van der Waals surface area (Å²) < 4.78 is 18.7. The van der Waals surface area contributed by atoms with Crippen LogP contribution in [0.25, 0.3) is 5.57 Å². The minimum absolute atomic E-state index is 0.133. The Morgan fingerprint density at radius 3 is 2.46 bits per heavy atom. The lowest BCUT2D eigenvalue weighted by atomic mass is 10.1. The fraction of sp³-hybridized carbons (Fsp3) is 0.158. The molecule has 0 aromatic heterocycles. The van der Waals surface area contributed by atoms with Crippen molar-refractivity contribution in [3.05, 3.63) is 64.8 Å². The van der Waals surface area contributed by atoms with Crippen molar-refractivity contribution < 1.29 is 23.8 Å². The molecule has 7 heteroatoms. The number of halogens is 1. The molecule has 2 amide bonds. The van der Waals surface area contributed by atoms with E-state index in [0.717, 1.165) is 22.7 Å². The summed E-state index contributed by atoms with van der Waals surface area (Å²) in [5, 5.41) is 9.10. The molecule has 134 valence electrons. The number of aliphatic hydroxyl groups is 1. The maximum Gasteiger partial charge on any atom is 0.272 e. The van der Waals surface area contributed by atoms with Crippen LogP contribution in [0.1, 0.15) is 5.56 Å². The van der Waals surface area contributed by atoms with Crippen LogP contribution in [0.2, 0.25) is 0 Å². The fourth-order valence-corrected chi connectivity index (χ4v) is 3.51. The molecule has 0 fully saturated rings. The van der Waals surface area contributed by atoms with Crippen molar-refractivity contribution >= 4 is 34.8 Å². The third-order valence-electron chi connectivity index (χ3n) is 3.82. The Balaban J connectivity index is 2.06. The van der Waals surface area contributed by atoms with Crippen LogP contribution in [0.15, 0.2) is 53.4 Å². The number of amides is 2. The van der Waals surface area contributed by atoms with Crippen molar-refractivity contribution in [1.29, 1.82) is 0 Å². The summed E-state index contributed by atoms with van der Waals surface area (Å²) in [6.45, 7) is -0.133. The summed E-state index contributed by atoms with van der Waals surface area (Å²) in [5.74, 6) is -0.690. The van der Waals surface area contributed by atoms with Crippen molar-refractivity contribution in [2.75, 3.05) is 24.4 Å². The molecule has 2 aromatic rings. The molecule has 26 heavy (non-hydrogen) atoms. The van der Waals surface area contributed by atoms with Gasteiger partial charge in [0.15, 0.2) is 0 Å². The zero-order valence-corrected chi connectivity index (χ0v) is 14.8. The van der Waals surface area contributed by atoms with E-state index in [0.29, 0.717) is 11.3 Å². The van der Waals surface area contributed by atoms with E-state index in [1.54, 1.807) is 24.3 Å². The molecule has 1 aliphatic rings. The fourth-order valence-electron chi connectivity index (χ4n) is 2.65. The standard InChI is InChI=1S/C19H16FNO4S/c1-25-15-7-5-12(6-8-15)16-17(26-10-9-22)19(24)21(18(16)23)14-4-2-3-13(20)11-14/h2-8,11,22H,9-10H2,1H3. The summed E-state index contributed by atoms with van der Waals surface area (Å²) in [7, 11) is 1.53. The highest BCUT2D eigenvalue weighted by Crippen LogP contribution is 2.38. The topological polar surface area (TPSA) is 66.8 Å². The van der Waals surface area contributed by atoms with Gasteiger partial charge in [-0.15, -0.1) is 11.8 Å². The van der Waals surface area contributed by atoms with Crippen LogP contribution in [-0.4, -0.2) is 36.4 Å². The van der Waals surface area contributed by atoms with Crippen LogP contribution in [0.3, 0.4) is 0 Å². The summed E-state index contributed by atoms with van der Waals surface area (Å²) in [5.41, 5.74) is 0.967. The highest BCUT2D eigenvalue weighted by Gasteiger charge is 2.40. The van der Waals surface area contributed by atoms with Gasteiger partial charge in [-0.25, -0.2) is 9.29 Å². The van der Waals surface area contributed by atoms with Gasteiger partial charge >= 0.3 is 0 Å². The quantitative estimate of drug-likeness (QED) is 0.789. The number of rotatable bonds is 6. The second kappa shape index (κ2) is 7.72. The number of benzene rings is 2. The van der Waals surface area contributed by atoms with E-state index >= 15 is 0 Å². The van der Waals surface area contributed by atoms with Crippen molar-refractivity contribution in [1.82, 2.24) is 0 Å². The highest BCUT2D eigenvalue weighted by molar-refractivity contribution is 8.04. The van der Waals surface area contributed by atoms with Crippen LogP contribution in [0.4, 0.5) is 10.1 Å². The van der Waals surface area contributed by atoms with E-state index < -0.39 is 17.6 Å². The first-order valence-corrected chi connectivity index (χ1v) is 8.82. The lowest BCUT2D eigenvalue weighted by molar-refractivity contribution is -0.119. The molecular formula is C19H16FNO4S. The van der Waals surface area contributed by atoms with Gasteiger partial charge in [-0.1, -0.05) is 18.2 Å². The van der Waals surface area contributed by atoms with Crippen LogP contribution >= 0.6 is 11.8 Å². The van der Waals surface area contributed by atoms with E-state index in [1.165, 1.54) is 25.3 Å². The molecule has 0 saturated heterocycles. The molecule has 0 saturated carbocycles. The second-order valence-corrected chi connectivity index (χ2v) is 6.54. The normalized spacial score (nSPS) is 14.3. The molecule has 0 atom stereocenters. The number of anilines is 1. The predicted octanol–water partition coefficient (Wildman–Crippen LogP) is 2.84. The van der Waals surface area contributed by atoms with E-state index in [4.69, 9.17) is 9.84 Å². The molecule has 1 heterocycles. The van der Waals surface area contributed by atoms with Crippen molar-refractivity contribution in [3.63, 3.8) is 0 Å². The third-order valence-corrected chi connectivity index (χ3v) is 4.88. The molecule has 1 aliphatic heterocycles. The Hall–Kier alpha value is -2.64. The van der Waals surface area contributed by atoms with Crippen LogP contribution in [-0.2, 0) is 9.59 Å². The van der Waals surface area contributed by atoms with E-state index in [-0.39, 0.29) is 28.5 Å². The lowest BCUT2D eigenvalue weighted by Crippen LogP contribution is -2.31. The molecule has 3 rings (SSSR count). The molecule has 0 aliphatic carbocycles. The molecule has 5 nitrogen and oxygen atoms in total. The van der Waals surface area contributed by atoms with Gasteiger partial charge in [-0.2, -0.15) is 0 Å². The maximum absolute atomic E-state index is 13.6. The second-order valence-electron chi connectivity index (χ2n) is 5.43. The number of carbonyl (C=O) groups excluding carboxylic acids is 2. The molecule has 2 aromatic carbocycles. The summed E-state index contributed by atoms with van der Waals surface area (Å²) in [4.78, 5) is 27.0. The van der Waals surface area contributed by atoms with Crippen LogP contribution in [0, 0.1) is 5.82 Å². The van der Waals surface area contributed by atoms with E-state index in [2.05, 4.69) is 0 Å². The average molecular weight is 373 g/mol. The van der Waals surface area contributed by atoms with Crippen molar-refractivity contribution in [3.8, 4) is 5.75 Å².